The molecule has 0 aliphatic carbocycles. The highest BCUT2D eigenvalue weighted by molar-refractivity contribution is 5.76. The molecule has 1 rings (SSSR count). The number of alkyl halides is 1. The van der Waals surface area contributed by atoms with Crippen molar-refractivity contribution in [3.63, 3.8) is 0 Å². The number of hydrogen-bond acceptors (Lipinski definition) is 2. The predicted molar refractivity (Wildman–Crippen MR) is 44.6 cm³/mol. The van der Waals surface area contributed by atoms with E-state index in [2.05, 4.69) is 10.6 Å². The lowest BCUT2D eigenvalue weighted by molar-refractivity contribution is -0.122. The number of hydrogen-bond donors (Lipinski definition) is 2. The second-order valence-electron chi connectivity index (χ2n) is 3.15. The number of nitrogens with one attached hydrogen (secondary N) is 2. The first-order valence-corrected chi connectivity index (χ1v) is 4.36. The molecule has 0 aromatic rings. The monoisotopic (exact) mass is 174 g/mol. The van der Waals surface area contributed by atoms with Gasteiger partial charge in [0.2, 0.25) is 0 Å². The highest BCUT2D eigenvalue weighted by atomic mass is 19.1. The molecule has 0 aromatic carbocycles. The van der Waals surface area contributed by atoms with Crippen molar-refractivity contribution in [3.05, 3.63) is 0 Å². The number of carbonyl (C=O) groups excluding carboxylic acids is 1. The lowest BCUT2D eigenvalue weighted by Gasteiger charge is -2.22. The molecule has 0 spiro atoms. The molecule has 0 saturated carbocycles. The molecule has 1 atom stereocenters. The zero-order chi connectivity index (χ0) is 8.81. The topological polar surface area (TPSA) is 41.1 Å². The summed E-state index contributed by atoms with van der Waals surface area (Å²) in [6.45, 7) is 1.70. The van der Waals surface area contributed by atoms with E-state index in [1.807, 2.05) is 0 Å². The van der Waals surface area contributed by atoms with Crippen molar-refractivity contribution >= 4 is 5.91 Å². The minimum Gasteiger partial charge on any atom is -0.354 e. The molecule has 3 nitrogen and oxygen atoms in total. The molecule has 1 fully saturated rings. The summed E-state index contributed by atoms with van der Waals surface area (Å²) in [5.41, 5.74) is 0. The van der Waals surface area contributed by atoms with Crippen molar-refractivity contribution in [3.8, 4) is 0 Å². The predicted octanol–water partition coefficient (Wildman–Crippen LogP) is 0.0717. The van der Waals surface area contributed by atoms with Crippen LogP contribution in [0, 0.1) is 5.92 Å². The summed E-state index contributed by atoms with van der Waals surface area (Å²) in [6, 6.07) is 0. The first-order valence-electron chi connectivity index (χ1n) is 4.36. The van der Waals surface area contributed by atoms with Crippen LogP contribution in [0.25, 0.3) is 0 Å². The molecule has 1 amide bonds. The van der Waals surface area contributed by atoms with E-state index in [9.17, 15) is 9.18 Å². The molecule has 2 N–H and O–H groups in total. The van der Waals surface area contributed by atoms with Crippen molar-refractivity contribution in [2.24, 2.45) is 5.92 Å². The average molecular weight is 174 g/mol. The van der Waals surface area contributed by atoms with E-state index in [0.717, 1.165) is 25.9 Å². The maximum absolute atomic E-state index is 11.7. The van der Waals surface area contributed by atoms with Gasteiger partial charge in [-0.1, -0.05) is 0 Å². The van der Waals surface area contributed by atoms with Crippen molar-refractivity contribution in [2.45, 2.75) is 12.8 Å². The lowest BCUT2D eigenvalue weighted by atomic mass is 10.00. The molecule has 70 valence electrons. The van der Waals surface area contributed by atoms with Crippen LogP contribution in [-0.2, 0) is 4.79 Å². The molecule has 12 heavy (non-hydrogen) atoms. The lowest BCUT2D eigenvalue weighted by Crippen LogP contribution is -2.38. The average Bonchev–Trinajstić information content (AvgIpc) is 2.16. The summed E-state index contributed by atoms with van der Waals surface area (Å²) in [5, 5.41) is 5.78. The van der Waals surface area contributed by atoms with Gasteiger partial charge in [-0.15, -0.1) is 0 Å². The Morgan fingerprint density at radius 3 is 3.08 bits per heavy atom. The van der Waals surface area contributed by atoms with Gasteiger partial charge >= 0.3 is 0 Å². The largest absolute Gasteiger partial charge is 0.354 e. The van der Waals surface area contributed by atoms with Crippen LogP contribution >= 0.6 is 0 Å². The Labute approximate surface area is 71.7 Å². The van der Waals surface area contributed by atoms with Gasteiger partial charge in [0, 0.05) is 6.54 Å². The fraction of sp³-hybridized carbons (Fsp3) is 0.875. The third-order valence-electron chi connectivity index (χ3n) is 2.11. The van der Waals surface area contributed by atoms with E-state index in [1.54, 1.807) is 0 Å². The van der Waals surface area contributed by atoms with E-state index in [-0.39, 0.29) is 0 Å². The molecule has 4 heteroatoms. The van der Waals surface area contributed by atoms with E-state index < -0.39 is 12.6 Å². The van der Waals surface area contributed by atoms with Gasteiger partial charge in [0.25, 0.3) is 5.91 Å². The number of halogens is 1. The van der Waals surface area contributed by atoms with E-state index >= 15 is 0 Å². The number of piperidine rings is 1. The SMILES string of the molecule is O=C(CF)NCC1CCCNC1. The van der Waals surface area contributed by atoms with Crippen LogP contribution in [-0.4, -0.2) is 32.2 Å². The van der Waals surface area contributed by atoms with Crippen molar-refractivity contribution < 1.29 is 9.18 Å². The van der Waals surface area contributed by atoms with Crippen molar-refractivity contribution in [1.29, 1.82) is 0 Å². The summed E-state index contributed by atoms with van der Waals surface area (Å²) in [4.78, 5) is 10.5. The molecule has 1 aliphatic rings. The Kier molecular flexibility index (Phi) is 4.00. The Balaban J connectivity index is 2.09. The smallest absolute Gasteiger partial charge is 0.251 e. The van der Waals surface area contributed by atoms with E-state index in [4.69, 9.17) is 0 Å². The third kappa shape index (κ3) is 3.17. The van der Waals surface area contributed by atoms with Crippen molar-refractivity contribution in [2.75, 3.05) is 26.3 Å². The third-order valence-corrected chi connectivity index (χ3v) is 2.11. The maximum atomic E-state index is 11.7. The summed E-state index contributed by atoms with van der Waals surface area (Å²) in [5.74, 6) is -0.0187. The standard InChI is InChI=1S/C8H15FN2O/c9-4-8(12)11-6-7-2-1-3-10-5-7/h7,10H,1-6H2,(H,11,12). The fourth-order valence-corrected chi connectivity index (χ4v) is 1.40. The second-order valence-corrected chi connectivity index (χ2v) is 3.15. The second kappa shape index (κ2) is 5.09. The highest BCUT2D eigenvalue weighted by Crippen LogP contribution is 2.07. The van der Waals surface area contributed by atoms with Crippen LogP contribution in [0.15, 0.2) is 0 Å². The van der Waals surface area contributed by atoms with Gasteiger partial charge in [0.05, 0.1) is 0 Å². The zero-order valence-electron chi connectivity index (χ0n) is 7.11. The molecule has 1 saturated heterocycles. The van der Waals surface area contributed by atoms with Gasteiger partial charge < -0.3 is 10.6 Å². The van der Waals surface area contributed by atoms with Gasteiger partial charge in [-0.25, -0.2) is 4.39 Å². The molecule has 0 bridgehead atoms. The van der Waals surface area contributed by atoms with Crippen LogP contribution in [0.3, 0.4) is 0 Å². The molecular weight excluding hydrogens is 159 g/mol. The number of amides is 1. The minimum absolute atomic E-state index is 0.481. The Morgan fingerprint density at radius 2 is 2.50 bits per heavy atom. The van der Waals surface area contributed by atoms with Gasteiger partial charge in [-0.2, -0.15) is 0 Å². The molecule has 0 radical (unpaired) electrons. The van der Waals surface area contributed by atoms with E-state index in [0.29, 0.717) is 12.5 Å². The van der Waals surface area contributed by atoms with Crippen molar-refractivity contribution in [1.82, 2.24) is 10.6 Å². The molecule has 1 unspecified atom stereocenters. The molecular formula is C8H15FN2O. The summed E-state index contributed by atoms with van der Waals surface area (Å²) in [6.07, 6.45) is 2.27. The summed E-state index contributed by atoms with van der Waals surface area (Å²) < 4.78 is 11.7. The fourth-order valence-electron chi connectivity index (χ4n) is 1.40. The molecule has 1 aliphatic heterocycles. The number of carbonyl (C=O) groups is 1. The first-order chi connectivity index (χ1) is 5.83. The zero-order valence-corrected chi connectivity index (χ0v) is 7.11. The van der Waals surface area contributed by atoms with Gasteiger partial charge in [0.15, 0.2) is 6.67 Å². The van der Waals surface area contributed by atoms with Gasteiger partial charge in [-0.3, -0.25) is 4.79 Å². The van der Waals surface area contributed by atoms with Crippen LogP contribution < -0.4 is 10.6 Å². The Hall–Kier alpha value is -0.640. The van der Waals surface area contributed by atoms with E-state index in [1.165, 1.54) is 0 Å². The summed E-state index contributed by atoms with van der Waals surface area (Å²) >= 11 is 0. The van der Waals surface area contributed by atoms with Crippen LogP contribution in [0.2, 0.25) is 0 Å². The minimum atomic E-state index is -0.903. The molecule has 0 aromatic heterocycles. The first kappa shape index (κ1) is 9.45. The Bertz CT molecular complexity index is 146. The van der Waals surface area contributed by atoms with Crippen LogP contribution in [0.1, 0.15) is 12.8 Å². The Morgan fingerprint density at radius 1 is 1.67 bits per heavy atom. The quantitative estimate of drug-likeness (QED) is 0.636. The maximum Gasteiger partial charge on any atom is 0.251 e. The van der Waals surface area contributed by atoms with Gasteiger partial charge in [0.1, 0.15) is 0 Å². The highest BCUT2D eigenvalue weighted by Gasteiger charge is 2.13. The van der Waals surface area contributed by atoms with Crippen LogP contribution in [0.5, 0.6) is 0 Å². The number of rotatable bonds is 3. The molecule has 1 heterocycles. The van der Waals surface area contributed by atoms with Crippen LogP contribution in [0.4, 0.5) is 4.39 Å². The normalized spacial score (nSPS) is 23.6. The van der Waals surface area contributed by atoms with Gasteiger partial charge in [-0.05, 0) is 31.8 Å². The summed E-state index contributed by atoms with van der Waals surface area (Å²) in [7, 11) is 0.